The van der Waals surface area contributed by atoms with E-state index < -0.39 is 30.9 Å². The average Bonchev–Trinajstić information content (AvgIpc) is 3.05. The first-order chi connectivity index (χ1) is 14.6. The molecule has 160 valence electrons. The Morgan fingerprint density at radius 1 is 0.903 bits per heavy atom. The average molecular weight is 458 g/mol. The van der Waals surface area contributed by atoms with Gasteiger partial charge in [0.2, 0.25) is 10.0 Å². The zero-order valence-corrected chi connectivity index (χ0v) is 18.1. The molecule has 4 rings (SSSR count). The highest BCUT2D eigenvalue weighted by Gasteiger charge is 2.41. The number of sulfone groups is 1. The molecule has 7 nitrogen and oxygen atoms in total. The van der Waals surface area contributed by atoms with Gasteiger partial charge in [-0.2, -0.15) is 0 Å². The van der Waals surface area contributed by atoms with Crippen LogP contribution < -0.4 is 9.46 Å². The first-order valence-corrected chi connectivity index (χ1v) is 12.8. The highest BCUT2D eigenvalue weighted by molar-refractivity contribution is 7.93. The number of fused-ring (bicyclic) bond motifs is 1. The molecular formula is C22H19NO6S2. The van der Waals surface area contributed by atoms with Crippen LogP contribution in [0.4, 0.5) is 5.69 Å². The van der Waals surface area contributed by atoms with Crippen molar-refractivity contribution < 1.29 is 26.4 Å². The molecule has 0 amide bonds. The molecule has 0 aliphatic heterocycles. The highest BCUT2D eigenvalue weighted by Crippen LogP contribution is 2.39. The monoisotopic (exact) mass is 457 g/mol. The number of Topliss-reactive ketones (excluding diaryl/α,β-unsaturated/α-hetero) is 1. The highest BCUT2D eigenvalue weighted by atomic mass is 32.2. The summed E-state index contributed by atoms with van der Waals surface area (Å²) in [6, 6.07) is 19.3. The fraction of sp³-hybridized carbons (Fsp3) is 0.136. The van der Waals surface area contributed by atoms with Gasteiger partial charge in [0.1, 0.15) is 11.0 Å². The third kappa shape index (κ3) is 4.33. The number of anilines is 1. The Balaban J connectivity index is 1.77. The maximum Gasteiger partial charge on any atom is 0.229 e. The van der Waals surface area contributed by atoms with Gasteiger partial charge in [0.15, 0.2) is 21.4 Å². The van der Waals surface area contributed by atoms with Crippen molar-refractivity contribution in [1.29, 1.82) is 0 Å². The second-order valence-corrected chi connectivity index (χ2v) is 11.1. The lowest BCUT2D eigenvalue weighted by atomic mass is 10.1. The van der Waals surface area contributed by atoms with Gasteiger partial charge in [-0.15, -0.1) is 0 Å². The molecule has 1 aliphatic carbocycles. The van der Waals surface area contributed by atoms with Crippen molar-refractivity contribution in [1.82, 2.24) is 0 Å². The standard InChI is InChI=1S/C22H19NO6S2/c1-30(25,26)23-19-12-15-13-21(31(27,28)17-10-6-3-7-11-17)22(24)18(15)14-20(19)29-16-8-4-2-5-9-16/h2-12,14,21,23H,13H2,1H3. The first kappa shape index (κ1) is 21.1. The second-order valence-electron chi connectivity index (χ2n) is 7.21. The number of benzene rings is 3. The maximum absolute atomic E-state index is 13.0. The minimum Gasteiger partial charge on any atom is -0.455 e. The van der Waals surface area contributed by atoms with Crippen LogP contribution in [0.3, 0.4) is 0 Å². The van der Waals surface area contributed by atoms with Gasteiger partial charge in [0, 0.05) is 5.56 Å². The number of nitrogens with one attached hydrogen (secondary N) is 1. The zero-order chi connectivity index (χ0) is 22.2. The molecule has 0 heterocycles. The van der Waals surface area contributed by atoms with E-state index in [2.05, 4.69) is 4.72 Å². The fourth-order valence-corrected chi connectivity index (χ4v) is 5.73. The van der Waals surface area contributed by atoms with Crippen LogP contribution in [0.1, 0.15) is 15.9 Å². The molecule has 0 bridgehead atoms. The van der Waals surface area contributed by atoms with Crippen LogP contribution in [-0.4, -0.2) is 34.1 Å². The summed E-state index contributed by atoms with van der Waals surface area (Å²) in [5, 5.41) is -1.28. The molecule has 1 atom stereocenters. The molecule has 0 saturated carbocycles. The lowest BCUT2D eigenvalue weighted by Crippen LogP contribution is -2.27. The molecule has 3 aromatic rings. The zero-order valence-electron chi connectivity index (χ0n) is 16.5. The number of ketones is 1. The lowest BCUT2D eigenvalue weighted by molar-refractivity contribution is 0.0997. The van der Waals surface area contributed by atoms with E-state index in [0.717, 1.165) is 6.26 Å². The van der Waals surface area contributed by atoms with Crippen LogP contribution in [0.15, 0.2) is 77.7 Å². The third-order valence-corrected chi connectivity index (χ3v) is 7.53. The smallest absolute Gasteiger partial charge is 0.229 e. The predicted molar refractivity (Wildman–Crippen MR) is 117 cm³/mol. The summed E-state index contributed by atoms with van der Waals surface area (Å²) in [5.74, 6) is 0.0158. The number of ether oxygens (including phenoxy) is 1. The molecule has 9 heteroatoms. The summed E-state index contributed by atoms with van der Waals surface area (Å²) in [7, 11) is -7.55. The van der Waals surface area contributed by atoms with Crippen LogP contribution in [0.2, 0.25) is 0 Å². The van der Waals surface area contributed by atoms with Gasteiger partial charge in [-0.25, -0.2) is 16.8 Å². The van der Waals surface area contributed by atoms with Gasteiger partial charge in [0.25, 0.3) is 0 Å². The van der Waals surface area contributed by atoms with Gasteiger partial charge in [0.05, 0.1) is 16.8 Å². The number of para-hydroxylation sites is 1. The Morgan fingerprint density at radius 2 is 1.52 bits per heavy atom. The van der Waals surface area contributed by atoms with Gasteiger partial charge in [-0.3, -0.25) is 9.52 Å². The minimum absolute atomic E-state index is 0.0462. The molecule has 0 fully saturated rings. The molecule has 1 unspecified atom stereocenters. The van der Waals surface area contributed by atoms with Crippen molar-refractivity contribution in [2.75, 3.05) is 11.0 Å². The van der Waals surface area contributed by atoms with E-state index in [1.54, 1.807) is 48.5 Å². The number of hydrogen-bond donors (Lipinski definition) is 1. The van der Waals surface area contributed by atoms with Gasteiger partial charge < -0.3 is 4.74 Å². The quantitative estimate of drug-likeness (QED) is 0.608. The number of rotatable bonds is 6. The maximum atomic E-state index is 13.0. The Labute approximate surface area is 180 Å². The van der Waals surface area contributed by atoms with Crippen molar-refractivity contribution in [2.24, 2.45) is 0 Å². The number of sulfonamides is 1. The molecule has 1 N–H and O–H groups in total. The Hall–Kier alpha value is -3.17. The lowest BCUT2D eigenvalue weighted by Gasteiger charge is -2.14. The molecule has 31 heavy (non-hydrogen) atoms. The van der Waals surface area contributed by atoms with E-state index in [0.29, 0.717) is 11.3 Å². The van der Waals surface area contributed by atoms with E-state index in [1.165, 1.54) is 24.3 Å². The SMILES string of the molecule is CS(=O)(=O)Nc1cc2c(cc1Oc1ccccc1)C(=O)C(S(=O)(=O)c1ccccc1)C2. The van der Waals surface area contributed by atoms with E-state index >= 15 is 0 Å². The van der Waals surface area contributed by atoms with Crippen molar-refractivity contribution in [3.8, 4) is 11.5 Å². The van der Waals surface area contributed by atoms with Gasteiger partial charge >= 0.3 is 0 Å². The molecule has 3 aromatic carbocycles. The van der Waals surface area contributed by atoms with Crippen molar-refractivity contribution in [3.05, 3.63) is 83.9 Å². The fourth-order valence-electron chi connectivity index (χ4n) is 3.49. The van der Waals surface area contributed by atoms with Gasteiger partial charge in [-0.05, 0) is 48.4 Å². The Bertz CT molecular complexity index is 1350. The summed E-state index contributed by atoms with van der Waals surface area (Å²) in [5.41, 5.74) is 0.784. The summed E-state index contributed by atoms with van der Waals surface area (Å²) >= 11 is 0. The third-order valence-electron chi connectivity index (χ3n) is 4.88. The van der Waals surface area contributed by atoms with Crippen LogP contribution in [0, 0.1) is 0 Å². The molecule has 0 radical (unpaired) electrons. The van der Waals surface area contributed by atoms with E-state index in [4.69, 9.17) is 4.74 Å². The molecule has 0 spiro atoms. The van der Waals surface area contributed by atoms with Crippen LogP contribution in [-0.2, 0) is 26.3 Å². The summed E-state index contributed by atoms with van der Waals surface area (Å²) in [6.07, 6.45) is 0.954. The van der Waals surface area contributed by atoms with Crippen molar-refractivity contribution in [2.45, 2.75) is 16.6 Å². The Morgan fingerprint density at radius 3 is 2.13 bits per heavy atom. The summed E-state index contributed by atoms with van der Waals surface area (Å²) in [4.78, 5) is 13.1. The topological polar surface area (TPSA) is 107 Å². The minimum atomic E-state index is -3.90. The molecule has 0 saturated heterocycles. The predicted octanol–water partition coefficient (Wildman–Crippen LogP) is 3.43. The molecule has 1 aliphatic rings. The first-order valence-electron chi connectivity index (χ1n) is 9.36. The van der Waals surface area contributed by atoms with Gasteiger partial charge in [-0.1, -0.05) is 36.4 Å². The van der Waals surface area contributed by atoms with Crippen molar-refractivity contribution >= 4 is 31.3 Å². The molecular weight excluding hydrogens is 438 g/mol. The van der Waals surface area contributed by atoms with Crippen LogP contribution >= 0.6 is 0 Å². The van der Waals surface area contributed by atoms with E-state index in [1.807, 2.05) is 0 Å². The summed E-state index contributed by atoms with van der Waals surface area (Å²) in [6.45, 7) is 0. The van der Waals surface area contributed by atoms with Crippen LogP contribution in [0.25, 0.3) is 0 Å². The van der Waals surface area contributed by atoms with Crippen molar-refractivity contribution in [3.63, 3.8) is 0 Å². The number of hydrogen-bond acceptors (Lipinski definition) is 6. The second kappa shape index (κ2) is 7.82. The van der Waals surface area contributed by atoms with E-state index in [-0.39, 0.29) is 28.3 Å². The number of carbonyl (C=O) groups excluding carboxylic acids is 1. The number of carbonyl (C=O) groups is 1. The summed E-state index contributed by atoms with van der Waals surface area (Å²) < 4.78 is 58.0. The molecule has 0 aromatic heterocycles. The Kier molecular flexibility index (Phi) is 5.32. The van der Waals surface area contributed by atoms with E-state index in [9.17, 15) is 21.6 Å². The largest absolute Gasteiger partial charge is 0.455 e. The van der Waals surface area contributed by atoms with Crippen LogP contribution in [0.5, 0.6) is 11.5 Å². The normalized spacial score (nSPS) is 16.0.